The van der Waals surface area contributed by atoms with Crippen LogP contribution in [0.4, 0.5) is 0 Å². The Kier molecular flexibility index (Phi) is 8.86. The van der Waals surface area contributed by atoms with E-state index in [1.165, 1.54) is 5.56 Å². The molecule has 5 nitrogen and oxygen atoms in total. The Morgan fingerprint density at radius 1 is 1.22 bits per heavy atom. The van der Waals surface area contributed by atoms with Crippen LogP contribution in [0.25, 0.3) is 0 Å². The number of ether oxygens (including phenoxy) is 1. The zero-order valence-electron chi connectivity index (χ0n) is 19.9. The minimum Gasteiger partial charge on any atom is -0.497 e. The molecule has 0 aliphatic carbocycles. The molecule has 0 radical (unpaired) electrons. The number of aromatic nitrogens is 1. The van der Waals surface area contributed by atoms with E-state index < -0.39 is 0 Å². The Labute approximate surface area is 193 Å². The number of carbonyl (C=O) groups excluding carboxylic acids is 1. The number of amides is 1. The van der Waals surface area contributed by atoms with Gasteiger partial charge in [-0.2, -0.15) is 0 Å². The summed E-state index contributed by atoms with van der Waals surface area (Å²) in [5, 5.41) is 0. The van der Waals surface area contributed by atoms with Gasteiger partial charge < -0.3 is 9.64 Å². The molecule has 1 saturated heterocycles. The second-order valence-electron chi connectivity index (χ2n) is 9.06. The van der Waals surface area contributed by atoms with E-state index in [-0.39, 0.29) is 11.9 Å². The molecule has 1 aliphatic rings. The Balaban J connectivity index is 1.74. The zero-order chi connectivity index (χ0) is 22.9. The van der Waals surface area contributed by atoms with Crippen LogP contribution in [0.15, 0.2) is 60.8 Å². The van der Waals surface area contributed by atoms with Crippen LogP contribution in [0, 0.1) is 11.8 Å². The smallest absolute Gasteiger partial charge is 0.272 e. The number of allylic oxidation sites excluding steroid dienone is 1. The lowest BCUT2D eigenvalue weighted by Gasteiger charge is -2.40. The number of methoxy groups -OCH3 is 1. The SMILES string of the molecule is COc1cccc(CC(C2CCN(C/C=C/C(C)C)CC2)N(C)C(=O)c2ccccn2)c1. The molecule has 2 heterocycles. The highest BCUT2D eigenvalue weighted by atomic mass is 16.5. The highest BCUT2D eigenvalue weighted by Crippen LogP contribution is 2.28. The van der Waals surface area contributed by atoms with Crippen molar-refractivity contribution in [3.63, 3.8) is 0 Å². The average molecular weight is 436 g/mol. The molecule has 0 spiro atoms. The van der Waals surface area contributed by atoms with Crippen LogP contribution >= 0.6 is 0 Å². The predicted molar refractivity (Wildman–Crippen MR) is 130 cm³/mol. The lowest BCUT2D eigenvalue weighted by atomic mass is 9.84. The van der Waals surface area contributed by atoms with Crippen molar-refractivity contribution >= 4 is 5.91 Å². The summed E-state index contributed by atoms with van der Waals surface area (Å²) >= 11 is 0. The van der Waals surface area contributed by atoms with Crippen LogP contribution < -0.4 is 4.74 Å². The molecule has 3 rings (SSSR count). The Hall–Kier alpha value is -2.66. The summed E-state index contributed by atoms with van der Waals surface area (Å²) in [6, 6.07) is 13.8. The number of pyridine rings is 1. The van der Waals surface area contributed by atoms with E-state index in [2.05, 4.69) is 48.0 Å². The van der Waals surface area contributed by atoms with Gasteiger partial charge in [-0.05, 0) is 74.0 Å². The molecule has 1 aromatic heterocycles. The van der Waals surface area contributed by atoms with Crippen LogP contribution in [0.5, 0.6) is 5.75 Å². The number of piperidine rings is 1. The highest BCUT2D eigenvalue weighted by molar-refractivity contribution is 5.92. The number of rotatable bonds is 9. The van der Waals surface area contributed by atoms with E-state index >= 15 is 0 Å². The molecular formula is C27H37N3O2. The number of likely N-dealkylation sites (tertiary alicyclic amines) is 1. The monoisotopic (exact) mass is 435 g/mol. The molecule has 0 saturated carbocycles. The first-order valence-electron chi connectivity index (χ1n) is 11.7. The van der Waals surface area contributed by atoms with Crippen molar-refractivity contribution < 1.29 is 9.53 Å². The molecule has 0 N–H and O–H groups in total. The summed E-state index contributed by atoms with van der Waals surface area (Å²) in [5.74, 6) is 1.88. The second kappa shape index (κ2) is 11.8. The molecule has 1 amide bonds. The fraction of sp³-hybridized carbons (Fsp3) is 0.481. The van der Waals surface area contributed by atoms with Crippen molar-refractivity contribution in [2.45, 2.75) is 39.2 Å². The normalized spacial score (nSPS) is 16.4. The van der Waals surface area contributed by atoms with Crippen LogP contribution in [-0.2, 0) is 6.42 Å². The van der Waals surface area contributed by atoms with Gasteiger partial charge in [0.1, 0.15) is 11.4 Å². The van der Waals surface area contributed by atoms with Gasteiger partial charge in [-0.25, -0.2) is 0 Å². The first kappa shape index (κ1) is 24.0. The van der Waals surface area contributed by atoms with Gasteiger partial charge in [-0.1, -0.05) is 44.2 Å². The van der Waals surface area contributed by atoms with E-state index in [9.17, 15) is 4.79 Å². The largest absolute Gasteiger partial charge is 0.497 e. The first-order chi connectivity index (χ1) is 15.5. The number of carbonyl (C=O) groups is 1. The average Bonchev–Trinajstić information content (AvgIpc) is 2.82. The summed E-state index contributed by atoms with van der Waals surface area (Å²) < 4.78 is 5.42. The summed E-state index contributed by atoms with van der Waals surface area (Å²) in [7, 11) is 3.62. The molecule has 172 valence electrons. The zero-order valence-corrected chi connectivity index (χ0v) is 19.9. The molecule has 1 aromatic carbocycles. The van der Waals surface area contributed by atoms with Gasteiger partial charge in [0.25, 0.3) is 5.91 Å². The van der Waals surface area contributed by atoms with E-state index in [1.54, 1.807) is 19.4 Å². The van der Waals surface area contributed by atoms with Gasteiger partial charge in [0.15, 0.2) is 0 Å². The quantitative estimate of drug-likeness (QED) is 0.536. The number of hydrogen-bond donors (Lipinski definition) is 0. The second-order valence-corrected chi connectivity index (χ2v) is 9.06. The van der Waals surface area contributed by atoms with E-state index in [0.717, 1.165) is 44.6 Å². The summed E-state index contributed by atoms with van der Waals surface area (Å²) in [4.78, 5) is 22.0. The van der Waals surface area contributed by atoms with Crippen LogP contribution in [-0.4, -0.2) is 60.5 Å². The summed E-state index contributed by atoms with van der Waals surface area (Å²) in [6.07, 6.45) is 9.23. The minimum atomic E-state index is -0.0132. The third-order valence-corrected chi connectivity index (χ3v) is 6.34. The number of benzene rings is 1. The molecular weight excluding hydrogens is 398 g/mol. The maximum absolute atomic E-state index is 13.2. The fourth-order valence-electron chi connectivity index (χ4n) is 4.48. The molecule has 1 aliphatic heterocycles. The van der Waals surface area contributed by atoms with Crippen molar-refractivity contribution in [2.75, 3.05) is 33.8 Å². The first-order valence-corrected chi connectivity index (χ1v) is 11.7. The van der Waals surface area contributed by atoms with Crippen molar-refractivity contribution in [1.82, 2.24) is 14.8 Å². The summed E-state index contributed by atoms with van der Waals surface area (Å²) in [6.45, 7) is 7.55. The Morgan fingerprint density at radius 2 is 2.00 bits per heavy atom. The minimum absolute atomic E-state index is 0.0132. The molecule has 5 heteroatoms. The van der Waals surface area contributed by atoms with Gasteiger partial charge in [0, 0.05) is 25.8 Å². The van der Waals surface area contributed by atoms with Gasteiger partial charge in [-0.15, -0.1) is 0 Å². The number of likely N-dealkylation sites (N-methyl/N-ethyl adjacent to an activating group) is 1. The number of nitrogens with zero attached hydrogens (tertiary/aromatic N) is 3. The van der Waals surface area contributed by atoms with E-state index in [1.807, 2.05) is 36.2 Å². The molecule has 1 atom stereocenters. The fourth-order valence-corrected chi connectivity index (χ4v) is 4.48. The Morgan fingerprint density at radius 3 is 2.66 bits per heavy atom. The molecule has 1 unspecified atom stereocenters. The standard InChI is InChI=1S/C27H37N3O2/c1-21(2)9-8-16-30-17-13-23(14-18-30)26(20-22-10-7-11-24(19-22)32-4)29(3)27(31)25-12-5-6-15-28-25/h5-12,15,19,21,23,26H,13-14,16-18,20H2,1-4H3/b9-8+. The highest BCUT2D eigenvalue weighted by Gasteiger charge is 2.32. The maximum atomic E-state index is 13.2. The van der Waals surface area contributed by atoms with E-state index in [0.29, 0.717) is 17.5 Å². The van der Waals surface area contributed by atoms with Crippen LogP contribution in [0.1, 0.15) is 42.7 Å². The molecule has 1 fully saturated rings. The molecule has 2 aromatic rings. The van der Waals surface area contributed by atoms with Gasteiger partial charge in [-0.3, -0.25) is 14.7 Å². The van der Waals surface area contributed by atoms with Crippen molar-refractivity contribution in [2.24, 2.45) is 11.8 Å². The lowest BCUT2D eigenvalue weighted by molar-refractivity contribution is 0.0593. The maximum Gasteiger partial charge on any atom is 0.272 e. The molecule has 0 bridgehead atoms. The van der Waals surface area contributed by atoms with Crippen molar-refractivity contribution in [3.05, 3.63) is 72.1 Å². The number of hydrogen-bond acceptors (Lipinski definition) is 4. The van der Waals surface area contributed by atoms with Crippen LogP contribution in [0.3, 0.4) is 0 Å². The van der Waals surface area contributed by atoms with E-state index in [4.69, 9.17) is 4.74 Å². The summed E-state index contributed by atoms with van der Waals surface area (Å²) in [5.41, 5.74) is 1.69. The predicted octanol–water partition coefficient (Wildman–Crippen LogP) is 4.70. The van der Waals surface area contributed by atoms with Gasteiger partial charge in [0.05, 0.1) is 7.11 Å². The third kappa shape index (κ3) is 6.67. The topological polar surface area (TPSA) is 45.7 Å². The third-order valence-electron chi connectivity index (χ3n) is 6.34. The van der Waals surface area contributed by atoms with Crippen molar-refractivity contribution in [3.8, 4) is 5.75 Å². The Bertz CT molecular complexity index is 873. The molecule has 32 heavy (non-hydrogen) atoms. The van der Waals surface area contributed by atoms with Crippen molar-refractivity contribution in [1.29, 1.82) is 0 Å². The van der Waals surface area contributed by atoms with Gasteiger partial charge >= 0.3 is 0 Å². The van der Waals surface area contributed by atoms with Gasteiger partial charge in [0.2, 0.25) is 0 Å². The van der Waals surface area contributed by atoms with Crippen LogP contribution in [0.2, 0.25) is 0 Å². The lowest BCUT2D eigenvalue weighted by Crippen LogP contribution is -2.47.